The van der Waals surface area contributed by atoms with Crippen molar-refractivity contribution in [2.24, 2.45) is 21.7 Å². The molecular formula is C19H24ClN5O. The number of halogens is 1. The number of ether oxygens (including phenoxy) is 1. The lowest BCUT2D eigenvalue weighted by atomic mass is 10.1. The van der Waals surface area contributed by atoms with Crippen molar-refractivity contribution in [2.45, 2.75) is 20.5 Å². The van der Waals surface area contributed by atoms with Crippen molar-refractivity contribution in [1.29, 1.82) is 0 Å². The lowest BCUT2D eigenvalue weighted by Crippen LogP contribution is -2.22. The predicted octanol–water partition coefficient (Wildman–Crippen LogP) is 3.37. The van der Waals surface area contributed by atoms with Gasteiger partial charge in [0.2, 0.25) is 5.96 Å². The average molecular weight is 374 g/mol. The first-order valence-electron chi connectivity index (χ1n) is 8.41. The Hall–Kier alpha value is -2.73. The normalized spacial score (nSPS) is 10.7. The minimum Gasteiger partial charge on any atom is -0.488 e. The van der Waals surface area contributed by atoms with Crippen LogP contribution in [-0.4, -0.2) is 25.3 Å². The zero-order valence-corrected chi connectivity index (χ0v) is 15.8. The monoisotopic (exact) mass is 373 g/mol. The van der Waals surface area contributed by atoms with E-state index in [1.165, 1.54) is 0 Å². The van der Waals surface area contributed by atoms with Crippen molar-refractivity contribution in [3.05, 3.63) is 58.6 Å². The van der Waals surface area contributed by atoms with E-state index in [-0.39, 0.29) is 5.96 Å². The smallest absolute Gasteiger partial charge is 0.211 e. The molecule has 0 bridgehead atoms. The van der Waals surface area contributed by atoms with E-state index in [1.54, 1.807) is 6.21 Å². The first-order chi connectivity index (χ1) is 12.5. The molecular weight excluding hydrogens is 350 g/mol. The van der Waals surface area contributed by atoms with Gasteiger partial charge in [0.05, 0.1) is 6.21 Å². The van der Waals surface area contributed by atoms with Gasteiger partial charge in [0.1, 0.15) is 12.4 Å². The molecule has 0 spiro atoms. The van der Waals surface area contributed by atoms with E-state index in [1.807, 2.05) is 42.5 Å². The molecule has 4 N–H and O–H groups in total. The van der Waals surface area contributed by atoms with Gasteiger partial charge in [-0.1, -0.05) is 23.7 Å². The molecule has 138 valence electrons. The van der Waals surface area contributed by atoms with E-state index in [0.717, 1.165) is 29.9 Å². The molecule has 0 aromatic heterocycles. The van der Waals surface area contributed by atoms with Crippen LogP contribution in [0.1, 0.15) is 25.0 Å². The van der Waals surface area contributed by atoms with Crippen LogP contribution in [0.25, 0.3) is 0 Å². The molecule has 2 aromatic carbocycles. The number of benzene rings is 2. The number of nitrogens with zero attached hydrogens (tertiary/aromatic N) is 3. The summed E-state index contributed by atoms with van der Waals surface area (Å²) in [6.07, 6.45) is 1.59. The highest BCUT2D eigenvalue weighted by molar-refractivity contribution is 6.30. The summed E-state index contributed by atoms with van der Waals surface area (Å²) in [5.74, 6) is 0.607. The van der Waals surface area contributed by atoms with Crippen LogP contribution >= 0.6 is 11.6 Å². The highest BCUT2D eigenvalue weighted by atomic mass is 35.5. The third-order valence-electron chi connectivity index (χ3n) is 3.80. The Morgan fingerprint density at radius 1 is 1.12 bits per heavy atom. The molecule has 0 aliphatic carbocycles. The van der Waals surface area contributed by atoms with Crippen molar-refractivity contribution in [3.8, 4) is 5.75 Å². The number of anilines is 1. The lowest BCUT2D eigenvalue weighted by molar-refractivity contribution is 0.306. The Morgan fingerprint density at radius 2 is 1.81 bits per heavy atom. The molecule has 6 nitrogen and oxygen atoms in total. The Labute approximate surface area is 159 Å². The predicted molar refractivity (Wildman–Crippen MR) is 109 cm³/mol. The van der Waals surface area contributed by atoms with E-state index < -0.39 is 0 Å². The topological polar surface area (TPSA) is 89.2 Å². The number of hydrogen-bond donors (Lipinski definition) is 2. The molecule has 0 heterocycles. The first-order valence-corrected chi connectivity index (χ1v) is 8.79. The van der Waals surface area contributed by atoms with Gasteiger partial charge in [0.25, 0.3) is 0 Å². The Balaban J connectivity index is 2.25. The quantitative estimate of drug-likeness (QED) is 0.421. The number of hydrogen-bond acceptors (Lipinski definition) is 4. The standard InChI is InChI=1S/C19H24ClN5O/c1-3-25(4-2)17-9-10-18(15(11-17)12-23-24-19(21)22)26-13-14-5-7-16(20)8-6-14/h5-12H,3-4,13H2,1-2H3,(H4,21,22,24)/b23-12+. The van der Waals surface area contributed by atoms with Gasteiger partial charge in [-0.2, -0.15) is 5.10 Å². The Kier molecular flexibility index (Phi) is 7.29. The van der Waals surface area contributed by atoms with Crippen LogP contribution in [0.15, 0.2) is 52.7 Å². The summed E-state index contributed by atoms with van der Waals surface area (Å²) in [5.41, 5.74) is 13.6. The van der Waals surface area contributed by atoms with Crippen LogP contribution in [-0.2, 0) is 6.61 Å². The largest absolute Gasteiger partial charge is 0.488 e. The SMILES string of the molecule is CCN(CC)c1ccc(OCc2ccc(Cl)cc2)c(/C=N/N=C(N)N)c1. The van der Waals surface area contributed by atoms with Gasteiger partial charge >= 0.3 is 0 Å². The molecule has 7 heteroatoms. The molecule has 2 rings (SSSR count). The van der Waals surface area contributed by atoms with Gasteiger partial charge in [0, 0.05) is 29.4 Å². The second kappa shape index (κ2) is 9.68. The van der Waals surface area contributed by atoms with Crippen LogP contribution in [0.2, 0.25) is 5.02 Å². The molecule has 0 aliphatic heterocycles. The van der Waals surface area contributed by atoms with Crippen molar-refractivity contribution < 1.29 is 4.74 Å². The summed E-state index contributed by atoms with van der Waals surface area (Å²) >= 11 is 5.92. The third kappa shape index (κ3) is 5.67. The molecule has 0 saturated heterocycles. The fourth-order valence-corrected chi connectivity index (χ4v) is 2.58. The maximum atomic E-state index is 5.96. The number of rotatable bonds is 8. The van der Waals surface area contributed by atoms with E-state index in [9.17, 15) is 0 Å². The first kappa shape index (κ1) is 19.6. The molecule has 0 saturated carbocycles. The van der Waals surface area contributed by atoms with Gasteiger partial charge in [-0.15, -0.1) is 5.10 Å². The highest BCUT2D eigenvalue weighted by Crippen LogP contribution is 2.25. The molecule has 0 radical (unpaired) electrons. The summed E-state index contributed by atoms with van der Waals surface area (Å²) in [7, 11) is 0. The van der Waals surface area contributed by atoms with Crippen LogP contribution < -0.4 is 21.1 Å². The fourth-order valence-electron chi connectivity index (χ4n) is 2.45. The second-order valence-corrected chi connectivity index (χ2v) is 6.02. The van der Waals surface area contributed by atoms with Crippen LogP contribution in [0.3, 0.4) is 0 Å². The van der Waals surface area contributed by atoms with E-state index in [0.29, 0.717) is 17.4 Å². The van der Waals surface area contributed by atoms with Gasteiger partial charge in [-0.3, -0.25) is 0 Å². The summed E-state index contributed by atoms with van der Waals surface area (Å²) in [6.45, 7) is 6.46. The van der Waals surface area contributed by atoms with E-state index >= 15 is 0 Å². The fraction of sp³-hybridized carbons (Fsp3) is 0.263. The Morgan fingerprint density at radius 3 is 2.42 bits per heavy atom. The molecule has 26 heavy (non-hydrogen) atoms. The van der Waals surface area contributed by atoms with Crippen LogP contribution in [0.4, 0.5) is 5.69 Å². The van der Waals surface area contributed by atoms with Crippen molar-refractivity contribution in [1.82, 2.24) is 0 Å². The molecule has 0 fully saturated rings. The summed E-state index contributed by atoms with van der Waals surface area (Å²) in [6, 6.07) is 13.5. The maximum absolute atomic E-state index is 5.96. The zero-order valence-electron chi connectivity index (χ0n) is 15.0. The Bertz CT molecular complexity index is 766. The van der Waals surface area contributed by atoms with Crippen molar-refractivity contribution >= 4 is 29.5 Å². The second-order valence-electron chi connectivity index (χ2n) is 5.58. The van der Waals surface area contributed by atoms with Crippen molar-refractivity contribution in [3.63, 3.8) is 0 Å². The zero-order chi connectivity index (χ0) is 18.9. The molecule has 0 aliphatic rings. The summed E-state index contributed by atoms with van der Waals surface area (Å²) in [4.78, 5) is 2.24. The minimum absolute atomic E-state index is 0.0928. The average Bonchev–Trinajstić information content (AvgIpc) is 2.63. The van der Waals surface area contributed by atoms with E-state index in [2.05, 4.69) is 29.0 Å². The molecule has 2 aromatic rings. The van der Waals surface area contributed by atoms with Gasteiger partial charge < -0.3 is 21.1 Å². The highest BCUT2D eigenvalue weighted by Gasteiger charge is 2.08. The third-order valence-corrected chi connectivity index (χ3v) is 4.05. The lowest BCUT2D eigenvalue weighted by Gasteiger charge is -2.22. The minimum atomic E-state index is -0.0928. The van der Waals surface area contributed by atoms with Crippen LogP contribution in [0, 0.1) is 0 Å². The van der Waals surface area contributed by atoms with E-state index in [4.69, 9.17) is 27.8 Å². The van der Waals surface area contributed by atoms with Gasteiger partial charge in [-0.05, 0) is 49.7 Å². The molecule has 0 amide bonds. The molecule has 0 atom stereocenters. The molecule has 0 unspecified atom stereocenters. The van der Waals surface area contributed by atoms with Gasteiger partial charge in [-0.25, -0.2) is 0 Å². The number of nitrogens with two attached hydrogens (primary N) is 2. The van der Waals surface area contributed by atoms with Crippen LogP contribution in [0.5, 0.6) is 5.75 Å². The number of guanidine groups is 1. The van der Waals surface area contributed by atoms with Crippen molar-refractivity contribution in [2.75, 3.05) is 18.0 Å². The summed E-state index contributed by atoms with van der Waals surface area (Å²) in [5, 5.41) is 8.28. The maximum Gasteiger partial charge on any atom is 0.211 e. The van der Waals surface area contributed by atoms with Gasteiger partial charge in [0.15, 0.2) is 0 Å². The summed E-state index contributed by atoms with van der Waals surface area (Å²) < 4.78 is 5.96.